The molecule has 0 atom stereocenters. The average Bonchev–Trinajstić information content (AvgIpc) is 2.04. The Balaban J connectivity index is 2.69. The van der Waals surface area contributed by atoms with E-state index in [0.717, 1.165) is 10.0 Å². The number of rotatable bonds is 1. The third kappa shape index (κ3) is 3.01. The summed E-state index contributed by atoms with van der Waals surface area (Å²) in [6.45, 7) is 0. The van der Waals surface area contributed by atoms with Crippen molar-refractivity contribution >= 4 is 45.6 Å². The molecule has 4 heteroatoms. The SMILES string of the molecule is CSC(=S)Nc1cccc(Cl)c1. The predicted octanol–water partition coefficient (Wildman–Crippen LogP) is 3.40. The van der Waals surface area contributed by atoms with Crippen molar-refractivity contribution in [3.05, 3.63) is 29.3 Å². The Kier molecular flexibility index (Phi) is 3.85. The number of benzene rings is 1. The molecular formula is C8H8ClNS2. The lowest BCUT2D eigenvalue weighted by atomic mass is 10.3. The van der Waals surface area contributed by atoms with Crippen molar-refractivity contribution in [3.8, 4) is 0 Å². The van der Waals surface area contributed by atoms with E-state index in [0.29, 0.717) is 5.02 Å². The summed E-state index contributed by atoms with van der Waals surface area (Å²) in [4.78, 5) is 0. The van der Waals surface area contributed by atoms with E-state index < -0.39 is 0 Å². The first-order chi connectivity index (χ1) is 5.72. The predicted molar refractivity (Wildman–Crippen MR) is 61.2 cm³/mol. The summed E-state index contributed by atoms with van der Waals surface area (Å²) in [5, 5.41) is 3.75. The van der Waals surface area contributed by atoms with Gasteiger partial charge in [0.2, 0.25) is 0 Å². The van der Waals surface area contributed by atoms with Crippen LogP contribution >= 0.6 is 35.6 Å². The first-order valence-electron chi connectivity index (χ1n) is 3.33. The van der Waals surface area contributed by atoms with Crippen LogP contribution in [0.2, 0.25) is 5.02 Å². The summed E-state index contributed by atoms with van der Waals surface area (Å²) < 4.78 is 0.747. The van der Waals surface area contributed by atoms with E-state index in [2.05, 4.69) is 5.32 Å². The third-order valence-corrected chi connectivity index (χ3v) is 2.57. The molecule has 0 aliphatic heterocycles. The van der Waals surface area contributed by atoms with Gasteiger partial charge in [-0.05, 0) is 24.5 Å². The minimum Gasteiger partial charge on any atom is -0.341 e. The molecule has 0 fully saturated rings. The molecule has 0 spiro atoms. The lowest BCUT2D eigenvalue weighted by Crippen LogP contribution is -2.02. The van der Waals surface area contributed by atoms with E-state index >= 15 is 0 Å². The van der Waals surface area contributed by atoms with Gasteiger partial charge in [0.05, 0.1) is 0 Å². The number of thiocarbonyl (C=S) groups is 1. The quantitative estimate of drug-likeness (QED) is 0.725. The summed E-state index contributed by atoms with van der Waals surface area (Å²) >= 11 is 12.3. The molecule has 0 aromatic heterocycles. The number of nitrogens with one attached hydrogen (secondary N) is 1. The third-order valence-electron chi connectivity index (χ3n) is 1.26. The van der Waals surface area contributed by atoms with Crippen molar-refractivity contribution in [1.82, 2.24) is 0 Å². The van der Waals surface area contributed by atoms with Crippen LogP contribution in [0, 0.1) is 0 Å². The standard InChI is InChI=1S/C8H8ClNS2/c1-12-8(11)10-7-4-2-3-6(9)5-7/h2-5H,1H3,(H,10,11). The molecule has 0 bridgehead atoms. The molecule has 0 amide bonds. The molecule has 0 unspecified atom stereocenters. The van der Waals surface area contributed by atoms with Crippen molar-refractivity contribution in [2.24, 2.45) is 0 Å². The van der Waals surface area contributed by atoms with Crippen molar-refractivity contribution in [1.29, 1.82) is 0 Å². The highest BCUT2D eigenvalue weighted by atomic mass is 35.5. The minimum atomic E-state index is 0.712. The van der Waals surface area contributed by atoms with E-state index in [4.69, 9.17) is 23.8 Å². The Bertz CT molecular complexity index is 288. The normalized spacial score (nSPS) is 9.50. The van der Waals surface area contributed by atoms with Crippen molar-refractivity contribution in [2.75, 3.05) is 11.6 Å². The number of hydrogen-bond acceptors (Lipinski definition) is 2. The average molecular weight is 218 g/mol. The van der Waals surface area contributed by atoms with Gasteiger partial charge in [0, 0.05) is 10.7 Å². The monoisotopic (exact) mass is 217 g/mol. The zero-order valence-corrected chi connectivity index (χ0v) is 8.89. The lowest BCUT2D eigenvalue weighted by molar-refractivity contribution is 1.66. The Hall–Kier alpha value is -0.250. The van der Waals surface area contributed by atoms with Crippen LogP contribution in [-0.2, 0) is 0 Å². The molecule has 0 aliphatic carbocycles. The zero-order valence-electron chi connectivity index (χ0n) is 6.50. The van der Waals surface area contributed by atoms with Crippen molar-refractivity contribution in [3.63, 3.8) is 0 Å². The molecule has 0 saturated carbocycles. The summed E-state index contributed by atoms with van der Waals surface area (Å²) in [6, 6.07) is 7.47. The molecule has 12 heavy (non-hydrogen) atoms. The second kappa shape index (κ2) is 4.70. The molecule has 1 aromatic rings. The largest absolute Gasteiger partial charge is 0.341 e. The van der Waals surface area contributed by atoms with Crippen LogP contribution < -0.4 is 5.32 Å². The molecule has 1 aromatic carbocycles. The van der Waals surface area contributed by atoms with Crippen molar-refractivity contribution in [2.45, 2.75) is 0 Å². The van der Waals surface area contributed by atoms with Gasteiger partial charge in [0.15, 0.2) is 0 Å². The number of thioether (sulfide) groups is 1. The van der Waals surface area contributed by atoms with E-state index in [1.54, 1.807) is 0 Å². The van der Waals surface area contributed by atoms with E-state index in [9.17, 15) is 0 Å². The Morgan fingerprint density at radius 1 is 1.58 bits per heavy atom. The fourth-order valence-corrected chi connectivity index (χ4v) is 1.26. The second-order valence-electron chi connectivity index (χ2n) is 2.13. The van der Waals surface area contributed by atoms with Gasteiger partial charge >= 0.3 is 0 Å². The maximum atomic E-state index is 5.78. The summed E-state index contributed by atoms with van der Waals surface area (Å²) in [5.74, 6) is 0. The van der Waals surface area contributed by atoms with Gasteiger partial charge in [0.25, 0.3) is 0 Å². The van der Waals surface area contributed by atoms with E-state index in [-0.39, 0.29) is 0 Å². The summed E-state index contributed by atoms with van der Waals surface area (Å²) in [7, 11) is 0. The number of hydrogen-bond donors (Lipinski definition) is 1. The molecule has 1 rings (SSSR count). The topological polar surface area (TPSA) is 12.0 Å². The van der Waals surface area contributed by atoms with Gasteiger partial charge in [-0.3, -0.25) is 0 Å². The molecule has 0 aliphatic rings. The van der Waals surface area contributed by atoms with Gasteiger partial charge in [-0.15, -0.1) is 11.8 Å². The smallest absolute Gasteiger partial charge is 0.137 e. The fourth-order valence-electron chi connectivity index (χ4n) is 0.735. The van der Waals surface area contributed by atoms with Crippen LogP contribution in [0.3, 0.4) is 0 Å². The Labute approximate surface area is 86.5 Å². The Morgan fingerprint density at radius 2 is 2.33 bits per heavy atom. The first kappa shape index (κ1) is 9.84. The van der Waals surface area contributed by atoms with Crippen molar-refractivity contribution < 1.29 is 0 Å². The van der Waals surface area contributed by atoms with Crippen LogP contribution in [0.15, 0.2) is 24.3 Å². The number of halogens is 1. The van der Waals surface area contributed by atoms with Gasteiger partial charge in [-0.2, -0.15) is 0 Å². The van der Waals surface area contributed by atoms with Gasteiger partial charge in [-0.25, -0.2) is 0 Å². The van der Waals surface area contributed by atoms with Gasteiger partial charge < -0.3 is 5.32 Å². The summed E-state index contributed by atoms with van der Waals surface area (Å²) in [5.41, 5.74) is 0.932. The highest BCUT2D eigenvalue weighted by Gasteiger charge is 1.95. The summed E-state index contributed by atoms with van der Waals surface area (Å²) in [6.07, 6.45) is 1.93. The van der Waals surface area contributed by atoms with Gasteiger partial charge in [0.1, 0.15) is 4.32 Å². The second-order valence-corrected chi connectivity index (χ2v) is 4.05. The van der Waals surface area contributed by atoms with Crippen LogP contribution in [-0.4, -0.2) is 10.6 Å². The van der Waals surface area contributed by atoms with Crippen LogP contribution in [0.5, 0.6) is 0 Å². The Morgan fingerprint density at radius 3 is 2.92 bits per heavy atom. The van der Waals surface area contributed by atoms with Gasteiger partial charge in [-0.1, -0.05) is 29.9 Å². The molecule has 1 N–H and O–H groups in total. The highest BCUT2D eigenvalue weighted by Crippen LogP contribution is 2.16. The fraction of sp³-hybridized carbons (Fsp3) is 0.125. The molecule has 1 nitrogen and oxygen atoms in total. The minimum absolute atomic E-state index is 0.712. The van der Waals surface area contributed by atoms with E-state index in [1.165, 1.54) is 11.8 Å². The van der Waals surface area contributed by atoms with Crippen LogP contribution in [0.4, 0.5) is 5.69 Å². The molecule has 0 radical (unpaired) electrons. The van der Waals surface area contributed by atoms with E-state index in [1.807, 2.05) is 30.5 Å². The van der Waals surface area contributed by atoms with Crippen LogP contribution in [0.25, 0.3) is 0 Å². The first-order valence-corrected chi connectivity index (χ1v) is 5.34. The zero-order chi connectivity index (χ0) is 8.97. The van der Waals surface area contributed by atoms with Crippen LogP contribution in [0.1, 0.15) is 0 Å². The highest BCUT2D eigenvalue weighted by molar-refractivity contribution is 8.22. The number of anilines is 1. The maximum Gasteiger partial charge on any atom is 0.137 e. The molecular weight excluding hydrogens is 210 g/mol. The molecule has 0 saturated heterocycles. The molecule has 64 valence electrons. The lowest BCUT2D eigenvalue weighted by Gasteiger charge is -2.04. The molecule has 0 heterocycles. The maximum absolute atomic E-state index is 5.78.